The number of hydrogen-bond acceptors (Lipinski definition) is 5. The van der Waals surface area contributed by atoms with Crippen LogP contribution in [-0.2, 0) is 4.79 Å². The van der Waals surface area contributed by atoms with Gasteiger partial charge in [-0.2, -0.15) is 0 Å². The normalized spacial score (nSPS) is 12.3. The second kappa shape index (κ2) is 8.05. The van der Waals surface area contributed by atoms with Gasteiger partial charge in [-0.05, 0) is 43.3 Å². The minimum atomic E-state index is -0.0934. The molecule has 1 amide bonds. The Kier molecular flexibility index (Phi) is 5.78. The molecule has 0 saturated carbocycles. The van der Waals surface area contributed by atoms with Crippen LogP contribution in [0.25, 0.3) is 15.9 Å². The number of nitrogens with zero attached hydrogens (tertiary/aromatic N) is 2. The molecule has 0 fully saturated rings. The number of nitrogens with one attached hydrogen (secondary N) is 1. The maximum absolute atomic E-state index is 13.1. The quantitative estimate of drug-likeness (QED) is 0.517. The van der Waals surface area contributed by atoms with E-state index in [0.717, 1.165) is 17.7 Å². The van der Waals surface area contributed by atoms with E-state index in [1.165, 1.54) is 23.1 Å². The molecule has 1 N–H and O–H groups in total. The van der Waals surface area contributed by atoms with Gasteiger partial charge in [0.25, 0.3) is 5.56 Å². The van der Waals surface area contributed by atoms with Gasteiger partial charge in [-0.1, -0.05) is 36.9 Å². The van der Waals surface area contributed by atoms with E-state index in [-0.39, 0.29) is 23.3 Å². The van der Waals surface area contributed by atoms with Crippen molar-refractivity contribution in [1.82, 2.24) is 14.9 Å². The summed E-state index contributed by atoms with van der Waals surface area (Å²) in [4.78, 5) is 29.8. The van der Waals surface area contributed by atoms with Crippen molar-refractivity contribution in [3.05, 3.63) is 51.6 Å². The van der Waals surface area contributed by atoms with Gasteiger partial charge in [-0.15, -0.1) is 11.3 Å². The molecule has 0 aliphatic rings. The molecule has 7 heteroatoms. The number of amides is 1. The monoisotopic (exact) mass is 387 g/mol. The van der Waals surface area contributed by atoms with Gasteiger partial charge in [0.2, 0.25) is 5.91 Å². The molecule has 0 aliphatic carbocycles. The van der Waals surface area contributed by atoms with Crippen LogP contribution >= 0.6 is 23.1 Å². The van der Waals surface area contributed by atoms with E-state index < -0.39 is 0 Å². The lowest BCUT2D eigenvalue weighted by atomic mass is 10.2. The van der Waals surface area contributed by atoms with E-state index in [1.54, 1.807) is 4.57 Å². The number of thioether (sulfide) groups is 1. The molecule has 1 aromatic carbocycles. The Labute approximate surface area is 160 Å². The van der Waals surface area contributed by atoms with Crippen LogP contribution in [0.2, 0.25) is 0 Å². The largest absolute Gasteiger partial charge is 0.353 e. The summed E-state index contributed by atoms with van der Waals surface area (Å²) in [6.45, 7) is 5.96. The predicted molar refractivity (Wildman–Crippen MR) is 109 cm³/mol. The van der Waals surface area contributed by atoms with Crippen LogP contribution in [0.15, 0.2) is 45.7 Å². The molecule has 0 radical (unpaired) electrons. The number of aryl methyl sites for hydroxylation is 1. The van der Waals surface area contributed by atoms with Crippen molar-refractivity contribution >= 4 is 39.2 Å². The number of rotatable bonds is 6. The van der Waals surface area contributed by atoms with Crippen LogP contribution in [0.3, 0.4) is 0 Å². The van der Waals surface area contributed by atoms with E-state index >= 15 is 0 Å². The fourth-order valence-electron chi connectivity index (χ4n) is 2.56. The van der Waals surface area contributed by atoms with Gasteiger partial charge in [-0.3, -0.25) is 14.2 Å². The van der Waals surface area contributed by atoms with Crippen LogP contribution in [-0.4, -0.2) is 27.3 Å². The predicted octanol–water partition coefficient (Wildman–Crippen LogP) is 3.76. The second-order valence-corrected chi connectivity index (χ2v) is 7.98. The molecule has 1 atom stereocenters. The molecule has 26 heavy (non-hydrogen) atoms. The Morgan fingerprint density at radius 1 is 1.35 bits per heavy atom. The molecule has 0 aliphatic heterocycles. The van der Waals surface area contributed by atoms with E-state index in [0.29, 0.717) is 15.4 Å². The molecule has 3 aromatic rings. The van der Waals surface area contributed by atoms with Gasteiger partial charge in [0.1, 0.15) is 4.70 Å². The van der Waals surface area contributed by atoms with Crippen LogP contribution in [0, 0.1) is 6.92 Å². The molecule has 136 valence electrons. The first-order valence-corrected chi connectivity index (χ1v) is 10.4. The first kappa shape index (κ1) is 18.7. The van der Waals surface area contributed by atoms with E-state index in [2.05, 4.69) is 10.3 Å². The summed E-state index contributed by atoms with van der Waals surface area (Å²) >= 11 is 2.68. The van der Waals surface area contributed by atoms with E-state index in [4.69, 9.17) is 0 Å². The number of hydrogen-bond donors (Lipinski definition) is 1. The highest BCUT2D eigenvalue weighted by molar-refractivity contribution is 7.99. The maximum Gasteiger partial charge on any atom is 0.276 e. The van der Waals surface area contributed by atoms with Gasteiger partial charge >= 0.3 is 0 Å². The molecule has 3 rings (SSSR count). The van der Waals surface area contributed by atoms with E-state index in [9.17, 15) is 9.59 Å². The average molecular weight is 388 g/mol. The summed E-state index contributed by atoms with van der Waals surface area (Å²) in [5.74, 6) is 0.165. The fourth-order valence-corrected chi connectivity index (χ4v) is 4.14. The highest BCUT2D eigenvalue weighted by Gasteiger charge is 2.17. The third-order valence-electron chi connectivity index (χ3n) is 4.16. The molecule has 2 heterocycles. The summed E-state index contributed by atoms with van der Waals surface area (Å²) in [5.41, 5.74) is 2.36. The van der Waals surface area contributed by atoms with Crippen molar-refractivity contribution in [2.75, 3.05) is 5.75 Å². The summed E-state index contributed by atoms with van der Waals surface area (Å²) in [5, 5.41) is 5.35. The Morgan fingerprint density at radius 3 is 2.85 bits per heavy atom. The molecular weight excluding hydrogens is 366 g/mol. The standard InChI is InChI=1S/C19H21N3O2S2/c1-4-13(3)20-16(23)11-26-19-21-14-9-10-25-17(14)18(24)22(19)15-8-6-5-7-12(15)2/h5-10,13H,4,11H2,1-3H3,(H,20,23)/t13-/m1/s1. The summed E-state index contributed by atoms with van der Waals surface area (Å²) in [6, 6.07) is 9.68. The highest BCUT2D eigenvalue weighted by Crippen LogP contribution is 2.24. The minimum Gasteiger partial charge on any atom is -0.353 e. The lowest BCUT2D eigenvalue weighted by molar-refractivity contribution is -0.119. The van der Waals surface area contributed by atoms with Gasteiger partial charge in [0, 0.05) is 6.04 Å². The number of benzene rings is 1. The van der Waals surface area contributed by atoms with Crippen molar-refractivity contribution in [2.24, 2.45) is 0 Å². The van der Waals surface area contributed by atoms with Crippen LogP contribution in [0.5, 0.6) is 0 Å². The van der Waals surface area contributed by atoms with Gasteiger partial charge in [0.05, 0.1) is 17.0 Å². The molecule has 0 bridgehead atoms. The number of fused-ring (bicyclic) bond motifs is 1. The van der Waals surface area contributed by atoms with Crippen LogP contribution in [0.4, 0.5) is 0 Å². The molecule has 0 unspecified atom stereocenters. The van der Waals surface area contributed by atoms with Gasteiger partial charge < -0.3 is 5.32 Å². The topological polar surface area (TPSA) is 64.0 Å². The Hall–Kier alpha value is -2.12. The van der Waals surface area contributed by atoms with Crippen LogP contribution < -0.4 is 10.9 Å². The number of thiophene rings is 1. The third kappa shape index (κ3) is 3.83. The molecule has 5 nitrogen and oxygen atoms in total. The molecular formula is C19H21N3O2S2. The van der Waals surface area contributed by atoms with Crippen molar-refractivity contribution < 1.29 is 4.79 Å². The molecule has 0 saturated heterocycles. The fraction of sp³-hybridized carbons (Fsp3) is 0.316. The molecule has 2 aromatic heterocycles. The van der Waals surface area contributed by atoms with Crippen molar-refractivity contribution in [2.45, 2.75) is 38.4 Å². The average Bonchev–Trinajstić information content (AvgIpc) is 3.10. The number of aromatic nitrogens is 2. The Bertz CT molecular complexity index is 994. The van der Waals surface area contributed by atoms with Crippen molar-refractivity contribution in [3.8, 4) is 5.69 Å². The summed E-state index contributed by atoms with van der Waals surface area (Å²) < 4.78 is 2.25. The zero-order chi connectivity index (χ0) is 18.7. The summed E-state index contributed by atoms with van der Waals surface area (Å²) in [6.07, 6.45) is 0.878. The van der Waals surface area contributed by atoms with Crippen LogP contribution in [0.1, 0.15) is 25.8 Å². The van der Waals surface area contributed by atoms with Crippen molar-refractivity contribution in [1.29, 1.82) is 0 Å². The highest BCUT2D eigenvalue weighted by atomic mass is 32.2. The Morgan fingerprint density at radius 2 is 2.12 bits per heavy atom. The SMILES string of the molecule is CC[C@@H](C)NC(=O)CSc1nc2ccsc2c(=O)n1-c1ccccc1C. The lowest BCUT2D eigenvalue weighted by Crippen LogP contribution is -2.33. The smallest absolute Gasteiger partial charge is 0.276 e. The minimum absolute atomic E-state index is 0.0552. The van der Waals surface area contributed by atoms with Gasteiger partial charge in [-0.25, -0.2) is 4.98 Å². The Balaban J connectivity index is 2.01. The number of carbonyl (C=O) groups is 1. The maximum atomic E-state index is 13.1. The second-order valence-electron chi connectivity index (χ2n) is 6.12. The summed E-state index contributed by atoms with van der Waals surface area (Å²) in [7, 11) is 0. The number of para-hydroxylation sites is 1. The lowest BCUT2D eigenvalue weighted by Gasteiger charge is -2.15. The van der Waals surface area contributed by atoms with E-state index in [1.807, 2.05) is 56.5 Å². The first-order chi connectivity index (χ1) is 12.5. The zero-order valence-electron chi connectivity index (χ0n) is 15.0. The van der Waals surface area contributed by atoms with Gasteiger partial charge in [0.15, 0.2) is 5.16 Å². The molecule has 0 spiro atoms. The zero-order valence-corrected chi connectivity index (χ0v) is 16.6. The third-order valence-corrected chi connectivity index (χ3v) is 5.99. The first-order valence-electron chi connectivity index (χ1n) is 8.49. The number of carbonyl (C=O) groups excluding carboxylic acids is 1. The van der Waals surface area contributed by atoms with Crippen molar-refractivity contribution in [3.63, 3.8) is 0 Å².